The molecule has 0 aromatic heterocycles. The maximum Gasteiger partial charge on any atom is 0.264 e. The Morgan fingerprint density at radius 3 is 2.53 bits per heavy atom. The van der Waals surface area contributed by atoms with Gasteiger partial charge in [-0.3, -0.25) is 9.10 Å². The maximum absolute atomic E-state index is 13.4. The molecule has 1 heterocycles. The molecule has 4 aromatic carbocycles. The van der Waals surface area contributed by atoms with Crippen LogP contribution >= 0.6 is 0 Å². The topological polar surface area (TPSA) is 84.9 Å². The average Bonchev–Trinajstić information content (AvgIpc) is 2.90. The minimum Gasteiger partial charge on any atom is -0.492 e. The number of benzene rings is 4. The van der Waals surface area contributed by atoms with Gasteiger partial charge in [0.05, 0.1) is 23.7 Å². The number of fused-ring (bicyclic) bond motifs is 2. The summed E-state index contributed by atoms with van der Waals surface area (Å²) in [7, 11) is -3.89. The molecule has 184 valence electrons. The predicted octanol–water partition coefficient (Wildman–Crippen LogP) is 4.30. The Balaban J connectivity index is 1.27. The number of ether oxygens (including phenoxy) is 2. The molecular formula is C28H26N2O5S. The van der Waals surface area contributed by atoms with Gasteiger partial charge < -0.3 is 14.8 Å². The molecule has 0 bridgehead atoms. The molecule has 0 unspecified atom stereocenters. The number of hydrogen-bond acceptors (Lipinski definition) is 5. The third-order valence-electron chi connectivity index (χ3n) is 6.00. The Morgan fingerprint density at radius 2 is 1.72 bits per heavy atom. The van der Waals surface area contributed by atoms with Crippen LogP contribution in [0, 0.1) is 6.92 Å². The van der Waals surface area contributed by atoms with Crippen LogP contribution in [-0.4, -0.2) is 40.1 Å². The van der Waals surface area contributed by atoms with E-state index in [0.29, 0.717) is 17.2 Å². The summed E-state index contributed by atoms with van der Waals surface area (Å²) in [5.41, 5.74) is 1.31. The number of aryl methyl sites for hydroxylation is 1. The zero-order chi connectivity index (χ0) is 25.1. The Morgan fingerprint density at radius 1 is 0.972 bits per heavy atom. The fraction of sp³-hybridized carbons (Fsp3) is 0.179. The molecule has 1 atom stereocenters. The minimum absolute atomic E-state index is 0.134. The van der Waals surface area contributed by atoms with E-state index in [2.05, 4.69) is 5.32 Å². The lowest BCUT2D eigenvalue weighted by atomic mass is 10.1. The normalized spacial score (nSPS) is 15.1. The number of carbonyl (C=O) groups is 1. The van der Waals surface area contributed by atoms with E-state index in [1.807, 2.05) is 55.5 Å². The molecule has 8 heteroatoms. The molecule has 4 aromatic rings. The number of rotatable bonds is 7. The van der Waals surface area contributed by atoms with E-state index in [1.165, 1.54) is 16.4 Å². The predicted molar refractivity (Wildman–Crippen MR) is 139 cm³/mol. The molecule has 1 N–H and O–H groups in total. The fourth-order valence-corrected chi connectivity index (χ4v) is 5.66. The van der Waals surface area contributed by atoms with Crippen molar-refractivity contribution in [3.8, 4) is 11.5 Å². The molecule has 1 aliphatic heterocycles. The van der Waals surface area contributed by atoms with Crippen LogP contribution in [0.4, 0.5) is 5.69 Å². The molecule has 0 fully saturated rings. The molecule has 5 rings (SSSR count). The first-order valence-electron chi connectivity index (χ1n) is 11.7. The van der Waals surface area contributed by atoms with Crippen LogP contribution in [0.15, 0.2) is 95.9 Å². The highest BCUT2D eigenvalue weighted by Crippen LogP contribution is 2.37. The standard InChI is InChI=1S/C28H26N2O5S/c1-20-11-14-25-26(17-20)35-27(19-30(25)36(32,33)24-9-3-2-4-10-24)28(31)29-15-16-34-23-13-12-21-7-5-6-8-22(21)18-23/h2-14,17-18,27H,15-16,19H2,1H3,(H,29,31)/t27-/m0/s1. The quantitative estimate of drug-likeness (QED) is 0.381. The Hall–Kier alpha value is -4.04. The van der Waals surface area contributed by atoms with Gasteiger partial charge in [0.1, 0.15) is 18.1 Å². The molecule has 0 radical (unpaired) electrons. The van der Waals surface area contributed by atoms with Crippen LogP contribution in [0.25, 0.3) is 10.8 Å². The zero-order valence-corrected chi connectivity index (χ0v) is 20.6. The first kappa shape index (κ1) is 23.7. The van der Waals surface area contributed by atoms with E-state index in [1.54, 1.807) is 30.3 Å². The SMILES string of the molecule is Cc1ccc2c(c1)O[C@H](C(=O)NCCOc1ccc3ccccc3c1)CN2S(=O)(=O)c1ccccc1. The number of amides is 1. The van der Waals surface area contributed by atoms with Crippen molar-refractivity contribution in [2.45, 2.75) is 17.9 Å². The molecular weight excluding hydrogens is 476 g/mol. The number of nitrogens with zero attached hydrogens (tertiary/aromatic N) is 1. The van der Waals surface area contributed by atoms with E-state index in [0.717, 1.165) is 16.3 Å². The summed E-state index contributed by atoms with van der Waals surface area (Å²) in [6.45, 7) is 2.26. The van der Waals surface area contributed by atoms with Crippen molar-refractivity contribution in [3.63, 3.8) is 0 Å². The number of nitrogens with one attached hydrogen (secondary N) is 1. The molecule has 0 saturated heterocycles. The van der Waals surface area contributed by atoms with E-state index < -0.39 is 22.0 Å². The molecule has 1 aliphatic rings. The smallest absolute Gasteiger partial charge is 0.264 e. The van der Waals surface area contributed by atoms with Crippen molar-refractivity contribution in [1.82, 2.24) is 5.32 Å². The van der Waals surface area contributed by atoms with Gasteiger partial charge in [-0.2, -0.15) is 0 Å². The highest BCUT2D eigenvalue weighted by molar-refractivity contribution is 7.92. The number of carbonyl (C=O) groups excluding carboxylic acids is 1. The van der Waals surface area contributed by atoms with Crippen LogP contribution in [-0.2, 0) is 14.8 Å². The first-order chi connectivity index (χ1) is 17.4. The Bertz CT molecular complexity index is 1510. The lowest BCUT2D eigenvalue weighted by molar-refractivity contribution is -0.127. The van der Waals surface area contributed by atoms with Gasteiger partial charge in [-0.05, 0) is 59.7 Å². The van der Waals surface area contributed by atoms with Crippen molar-refractivity contribution in [2.75, 3.05) is 24.0 Å². The van der Waals surface area contributed by atoms with Gasteiger partial charge in [-0.15, -0.1) is 0 Å². The van der Waals surface area contributed by atoms with Crippen molar-refractivity contribution in [3.05, 3.63) is 96.6 Å². The van der Waals surface area contributed by atoms with Crippen LogP contribution in [0.3, 0.4) is 0 Å². The number of anilines is 1. The third kappa shape index (κ3) is 4.85. The molecule has 0 aliphatic carbocycles. The van der Waals surface area contributed by atoms with Gasteiger partial charge in [-0.25, -0.2) is 8.42 Å². The van der Waals surface area contributed by atoms with Crippen LogP contribution < -0.4 is 19.1 Å². The van der Waals surface area contributed by atoms with E-state index in [9.17, 15) is 13.2 Å². The lowest BCUT2D eigenvalue weighted by Gasteiger charge is -2.35. The van der Waals surface area contributed by atoms with Crippen LogP contribution in [0.5, 0.6) is 11.5 Å². The lowest BCUT2D eigenvalue weighted by Crippen LogP contribution is -2.51. The minimum atomic E-state index is -3.89. The summed E-state index contributed by atoms with van der Waals surface area (Å²) in [5.74, 6) is 0.659. The highest BCUT2D eigenvalue weighted by atomic mass is 32.2. The van der Waals surface area contributed by atoms with E-state index in [4.69, 9.17) is 9.47 Å². The second kappa shape index (κ2) is 9.91. The fourth-order valence-electron chi connectivity index (χ4n) is 4.16. The molecule has 7 nitrogen and oxygen atoms in total. The molecule has 0 saturated carbocycles. The Kier molecular flexibility index (Phi) is 6.52. The number of hydrogen-bond donors (Lipinski definition) is 1. The van der Waals surface area contributed by atoms with Crippen molar-refractivity contribution >= 4 is 32.4 Å². The average molecular weight is 503 g/mol. The van der Waals surface area contributed by atoms with Crippen LogP contribution in [0.2, 0.25) is 0 Å². The summed E-state index contributed by atoms with van der Waals surface area (Å²) >= 11 is 0. The van der Waals surface area contributed by atoms with Crippen molar-refractivity contribution in [1.29, 1.82) is 0 Å². The summed E-state index contributed by atoms with van der Waals surface area (Å²) in [6.07, 6.45) is -1.00. The van der Waals surface area contributed by atoms with E-state index >= 15 is 0 Å². The first-order valence-corrected chi connectivity index (χ1v) is 13.1. The molecule has 0 spiro atoms. The largest absolute Gasteiger partial charge is 0.492 e. The second-order valence-corrected chi connectivity index (χ2v) is 10.4. The summed E-state index contributed by atoms with van der Waals surface area (Å²) in [6, 6.07) is 27.3. The molecule has 36 heavy (non-hydrogen) atoms. The van der Waals surface area contributed by atoms with Gasteiger partial charge in [-0.1, -0.05) is 54.6 Å². The maximum atomic E-state index is 13.4. The zero-order valence-electron chi connectivity index (χ0n) is 19.8. The van der Waals surface area contributed by atoms with E-state index in [-0.39, 0.29) is 24.6 Å². The van der Waals surface area contributed by atoms with Crippen LogP contribution in [0.1, 0.15) is 5.56 Å². The highest BCUT2D eigenvalue weighted by Gasteiger charge is 2.37. The summed E-state index contributed by atoms with van der Waals surface area (Å²) < 4.78 is 39.8. The Labute approximate surface area is 210 Å². The monoisotopic (exact) mass is 502 g/mol. The third-order valence-corrected chi connectivity index (χ3v) is 7.79. The summed E-state index contributed by atoms with van der Waals surface area (Å²) in [5, 5.41) is 5.00. The van der Waals surface area contributed by atoms with Crippen molar-refractivity contribution in [2.24, 2.45) is 0 Å². The van der Waals surface area contributed by atoms with Gasteiger partial charge in [0.2, 0.25) is 0 Å². The number of sulfonamides is 1. The van der Waals surface area contributed by atoms with Crippen molar-refractivity contribution < 1.29 is 22.7 Å². The van der Waals surface area contributed by atoms with Gasteiger partial charge >= 0.3 is 0 Å². The van der Waals surface area contributed by atoms with Gasteiger partial charge in [0.25, 0.3) is 15.9 Å². The second-order valence-electron chi connectivity index (χ2n) is 8.58. The van der Waals surface area contributed by atoms with Gasteiger partial charge in [0, 0.05) is 0 Å². The molecule has 1 amide bonds. The van der Waals surface area contributed by atoms with Gasteiger partial charge in [0.15, 0.2) is 6.10 Å². The summed E-state index contributed by atoms with van der Waals surface area (Å²) in [4.78, 5) is 13.1.